The Hall–Kier alpha value is -1.16. The van der Waals surface area contributed by atoms with Gasteiger partial charge in [-0.25, -0.2) is 4.98 Å². The van der Waals surface area contributed by atoms with Crippen molar-refractivity contribution in [3.8, 4) is 0 Å². The van der Waals surface area contributed by atoms with E-state index in [0.717, 1.165) is 25.1 Å². The maximum atomic E-state index is 11.9. The van der Waals surface area contributed by atoms with E-state index >= 15 is 0 Å². The Bertz CT molecular complexity index is 358. The number of imidazole rings is 1. The normalized spacial score (nSPS) is 25.7. The molecule has 0 bridgehead atoms. The van der Waals surface area contributed by atoms with Gasteiger partial charge in [0.2, 0.25) is 0 Å². The monoisotopic (exact) mass is 207 g/mol. The van der Waals surface area contributed by atoms with E-state index in [1.54, 1.807) is 6.20 Å². The van der Waals surface area contributed by atoms with Crippen LogP contribution in [0.3, 0.4) is 0 Å². The minimum Gasteiger partial charge on any atom is -0.338 e. The summed E-state index contributed by atoms with van der Waals surface area (Å²) in [5, 5.41) is 0. The Morgan fingerprint density at radius 1 is 1.67 bits per heavy atom. The van der Waals surface area contributed by atoms with Crippen molar-refractivity contribution in [3.05, 3.63) is 18.2 Å². The van der Waals surface area contributed by atoms with Crippen LogP contribution >= 0.6 is 0 Å². The molecule has 0 saturated heterocycles. The summed E-state index contributed by atoms with van der Waals surface area (Å²) in [7, 11) is 1.91. The highest BCUT2D eigenvalue weighted by molar-refractivity contribution is 5.82. The quantitative estimate of drug-likeness (QED) is 0.792. The summed E-state index contributed by atoms with van der Waals surface area (Å²) in [6.45, 7) is 0. The number of hydrogen-bond donors (Lipinski definition) is 1. The molecule has 0 spiro atoms. The van der Waals surface area contributed by atoms with Gasteiger partial charge in [0.15, 0.2) is 0 Å². The number of nitrogens with zero attached hydrogens (tertiary/aromatic N) is 2. The molecule has 0 aliphatic heterocycles. The van der Waals surface area contributed by atoms with Gasteiger partial charge in [-0.3, -0.25) is 4.79 Å². The molecule has 0 amide bonds. The lowest BCUT2D eigenvalue weighted by atomic mass is 9.99. The Balaban J connectivity index is 1.95. The van der Waals surface area contributed by atoms with Gasteiger partial charge >= 0.3 is 0 Å². The molecule has 2 N–H and O–H groups in total. The van der Waals surface area contributed by atoms with Crippen LogP contribution in [0.4, 0.5) is 0 Å². The number of aromatic nitrogens is 2. The molecule has 0 radical (unpaired) electrons. The van der Waals surface area contributed by atoms with Crippen molar-refractivity contribution in [3.63, 3.8) is 0 Å². The molecule has 0 aromatic carbocycles. The zero-order valence-corrected chi connectivity index (χ0v) is 9.02. The molecule has 1 aromatic heterocycles. The molecule has 1 fully saturated rings. The topological polar surface area (TPSA) is 60.9 Å². The Morgan fingerprint density at radius 3 is 3.00 bits per heavy atom. The summed E-state index contributed by atoms with van der Waals surface area (Å²) in [6.07, 6.45) is 6.82. The fraction of sp³-hybridized carbons (Fsp3) is 0.636. The number of hydrogen-bond acceptors (Lipinski definition) is 3. The SMILES string of the molecule is Cn1ccnc1CC(=O)C1CCC(N)C1. The van der Waals surface area contributed by atoms with Crippen LogP contribution < -0.4 is 5.73 Å². The minimum absolute atomic E-state index is 0.164. The number of carbonyl (C=O) groups is 1. The summed E-state index contributed by atoms with van der Waals surface area (Å²) in [5.74, 6) is 1.30. The fourth-order valence-electron chi connectivity index (χ4n) is 2.18. The molecule has 2 unspecified atom stereocenters. The third-order valence-electron chi connectivity index (χ3n) is 3.18. The molecule has 1 saturated carbocycles. The van der Waals surface area contributed by atoms with Crippen LogP contribution in [0, 0.1) is 5.92 Å². The van der Waals surface area contributed by atoms with Gasteiger partial charge in [-0.05, 0) is 19.3 Å². The standard InChI is InChI=1S/C11H17N3O/c1-14-5-4-13-11(14)7-10(15)8-2-3-9(12)6-8/h4-5,8-9H,2-3,6-7,12H2,1H3. The highest BCUT2D eigenvalue weighted by Crippen LogP contribution is 2.25. The van der Waals surface area contributed by atoms with E-state index < -0.39 is 0 Å². The van der Waals surface area contributed by atoms with Crippen LogP contribution in [-0.4, -0.2) is 21.4 Å². The third-order valence-corrected chi connectivity index (χ3v) is 3.18. The van der Waals surface area contributed by atoms with Crippen LogP contribution in [0.25, 0.3) is 0 Å². The van der Waals surface area contributed by atoms with Gasteiger partial charge in [-0.2, -0.15) is 0 Å². The minimum atomic E-state index is 0.164. The number of nitrogens with two attached hydrogens (primary N) is 1. The molecule has 4 nitrogen and oxygen atoms in total. The molecule has 1 aliphatic carbocycles. The van der Waals surface area contributed by atoms with Crippen molar-refractivity contribution in [2.75, 3.05) is 0 Å². The van der Waals surface area contributed by atoms with Gasteiger partial charge in [0, 0.05) is 31.4 Å². The van der Waals surface area contributed by atoms with Gasteiger partial charge in [0.05, 0.1) is 6.42 Å². The predicted octanol–water partition coefficient (Wildman–Crippen LogP) is 0.659. The Labute approximate surface area is 89.5 Å². The number of ketones is 1. The van der Waals surface area contributed by atoms with Crippen molar-refractivity contribution in [2.45, 2.75) is 31.7 Å². The van der Waals surface area contributed by atoms with E-state index in [2.05, 4.69) is 4.98 Å². The van der Waals surface area contributed by atoms with E-state index in [4.69, 9.17) is 5.73 Å². The van der Waals surface area contributed by atoms with Crippen molar-refractivity contribution in [1.29, 1.82) is 0 Å². The smallest absolute Gasteiger partial charge is 0.143 e. The van der Waals surface area contributed by atoms with Crippen molar-refractivity contribution in [1.82, 2.24) is 9.55 Å². The maximum Gasteiger partial charge on any atom is 0.143 e. The van der Waals surface area contributed by atoms with Gasteiger partial charge in [-0.15, -0.1) is 0 Å². The lowest BCUT2D eigenvalue weighted by Gasteiger charge is -2.07. The molecule has 1 aromatic rings. The first kappa shape index (κ1) is 10.4. The van der Waals surface area contributed by atoms with Crippen molar-refractivity contribution < 1.29 is 4.79 Å². The average Bonchev–Trinajstić information content (AvgIpc) is 2.77. The maximum absolute atomic E-state index is 11.9. The van der Waals surface area contributed by atoms with E-state index in [1.807, 2.05) is 17.8 Å². The largest absolute Gasteiger partial charge is 0.338 e. The second-order valence-electron chi connectivity index (χ2n) is 4.37. The first-order chi connectivity index (χ1) is 7.16. The molecule has 1 heterocycles. The Morgan fingerprint density at radius 2 is 2.47 bits per heavy atom. The number of aryl methyl sites for hydroxylation is 1. The highest BCUT2D eigenvalue weighted by Gasteiger charge is 2.27. The molecule has 2 rings (SSSR count). The summed E-state index contributed by atoms with van der Waals surface area (Å²) in [6, 6.07) is 0.223. The first-order valence-electron chi connectivity index (χ1n) is 5.41. The second kappa shape index (κ2) is 4.14. The number of Topliss-reactive ketones (excluding diaryl/α,β-unsaturated/α-hetero) is 1. The predicted molar refractivity (Wildman–Crippen MR) is 57.2 cm³/mol. The summed E-state index contributed by atoms with van der Waals surface area (Å²) >= 11 is 0. The van der Waals surface area contributed by atoms with Crippen molar-refractivity contribution >= 4 is 5.78 Å². The van der Waals surface area contributed by atoms with Crippen LogP contribution in [0.5, 0.6) is 0 Å². The molecular formula is C11H17N3O. The van der Waals surface area contributed by atoms with E-state index in [0.29, 0.717) is 6.42 Å². The number of rotatable bonds is 3. The van der Waals surface area contributed by atoms with Crippen LogP contribution in [-0.2, 0) is 18.3 Å². The lowest BCUT2D eigenvalue weighted by molar-refractivity contribution is -0.122. The van der Waals surface area contributed by atoms with Gasteiger partial charge in [-0.1, -0.05) is 0 Å². The van der Waals surface area contributed by atoms with Crippen LogP contribution in [0.15, 0.2) is 12.4 Å². The summed E-state index contributed by atoms with van der Waals surface area (Å²) < 4.78 is 1.90. The summed E-state index contributed by atoms with van der Waals surface area (Å²) in [4.78, 5) is 16.1. The van der Waals surface area contributed by atoms with Gasteiger partial charge in [0.1, 0.15) is 11.6 Å². The molecule has 15 heavy (non-hydrogen) atoms. The highest BCUT2D eigenvalue weighted by atomic mass is 16.1. The van der Waals surface area contributed by atoms with Crippen LogP contribution in [0.2, 0.25) is 0 Å². The zero-order valence-electron chi connectivity index (χ0n) is 9.02. The zero-order chi connectivity index (χ0) is 10.8. The third kappa shape index (κ3) is 2.26. The summed E-state index contributed by atoms with van der Waals surface area (Å²) in [5.41, 5.74) is 5.79. The lowest BCUT2D eigenvalue weighted by Crippen LogP contribution is -2.20. The second-order valence-corrected chi connectivity index (χ2v) is 4.37. The van der Waals surface area contributed by atoms with Crippen LogP contribution in [0.1, 0.15) is 25.1 Å². The van der Waals surface area contributed by atoms with Crippen molar-refractivity contribution in [2.24, 2.45) is 18.7 Å². The molecule has 4 heteroatoms. The van der Waals surface area contributed by atoms with Gasteiger partial charge < -0.3 is 10.3 Å². The Kier molecular flexibility index (Phi) is 2.86. The first-order valence-corrected chi connectivity index (χ1v) is 5.41. The molecule has 2 atom stereocenters. The average molecular weight is 207 g/mol. The van der Waals surface area contributed by atoms with E-state index in [-0.39, 0.29) is 17.7 Å². The number of carbonyl (C=O) groups excluding carboxylic acids is 1. The van der Waals surface area contributed by atoms with Gasteiger partial charge in [0.25, 0.3) is 0 Å². The molecule has 1 aliphatic rings. The fourth-order valence-corrected chi connectivity index (χ4v) is 2.18. The molecule has 82 valence electrons. The van der Waals surface area contributed by atoms with E-state index in [9.17, 15) is 4.79 Å². The molecular weight excluding hydrogens is 190 g/mol. The van der Waals surface area contributed by atoms with E-state index in [1.165, 1.54) is 0 Å².